The van der Waals surface area contributed by atoms with Gasteiger partial charge in [-0.25, -0.2) is 4.39 Å². The van der Waals surface area contributed by atoms with Crippen LogP contribution in [0.25, 0.3) is 17.2 Å². The first-order valence-corrected chi connectivity index (χ1v) is 7.47. The third-order valence-corrected chi connectivity index (χ3v) is 3.82. The van der Waals surface area contributed by atoms with E-state index in [-0.39, 0.29) is 12.6 Å². The average Bonchev–Trinajstić information content (AvgIpc) is 2.96. The summed E-state index contributed by atoms with van der Waals surface area (Å²) in [6.45, 7) is 6.52. The van der Waals surface area contributed by atoms with Gasteiger partial charge in [0.05, 0.1) is 0 Å². The van der Waals surface area contributed by atoms with Crippen LogP contribution in [0.4, 0.5) is 4.39 Å². The molecule has 1 aliphatic rings. The van der Waals surface area contributed by atoms with Gasteiger partial charge < -0.3 is 9.47 Å². The number of ether oxygens (including phenoxy) is 2. The fourth-order valence-electron chi connectivity index (χ4n) is 2.80. The summed E-state index contributed by atoms with van der Waals surface area (Å²) >= 11 is 0. The number of allylic oxidation sites excluding steroid dienone is 1. The molecule has 3 heteroatoms. The van der Waals surface area contributed by atoms with Crippen molar-refractivity contribution >= 4 is 6.08 Å². The van der Waals surface area contributed by atoms with Crippen LogP contribution < -0.4 is 9.47 Å². The number of halogens is 1. The molecule has 0 saturated heterocycles. The molecule has 114 valence electrons. The molecule has 0 aromatic heterocycles. The SMILES string of the molecule is CC=Cc1c(C(C)C)cc2c(c1-c1ccc(F)cc1)OCO2. The molecule has 0 fully saturated rings. The summed E-state index contributed by atoms with van der Waals surface area (Å²) in [7, 11) is 0. The Morgan fingerprint density at radius 1 is 1.14 bits per heavy atom. The number of hydrogen-bond acceptors (Lipinski definition) is 2. The van der Waals surface area contributed by atoms with E-state index in [0.29, 0.717) is 5.92 Å². The fraction of sp³-hybridized carbons (Fsp3) is 0.263. The molecule has 0 unspecified atom stereocenters. The molecule has 0 atom stereocenters. The summed E-state index contributed by atoms with van der Waals surface area (Å²) in [5, 5.41) is 0. The zero-order valence-electron chi connectivity index (χ0n) is 13.0. The lowest BCUT2D eigenvalue weighted by Crippen LogP contribution is -1.97. The molecule has 1 aliphatic heterocycles. The highest BCUT2D eigenvalue weighted by Crippen LogP contribution is 2.47. The van der Waals surface area contributed by atoms with Crippen LogP contribution in [0, 0.1) is 5.82 Å². The van der Waals surface area contributed by atoms with Crippen molar-refractivity contribution in [3.8, 4) is 22.6 Å². The molecule has 0 aliphatic carbocycles. The van der Waals surface area contributed by atoms with Gasteiger partial charge in [-0.1, -0.05) is 38.1 Å². The Kier molecular flexibility index (Phi) is 3.88. The standard InChI is InChI=1S/C19H19FO2/c1-4-5-15-16(12(2)3)10-17-19(22-11-21-17)18(15)13-6-8-14(20)9-7-13/h4-10,12H,11H2,1-3H3. The minimum Gasteiger partial charge on any atom is -0.454 e. The van der Waals surface area contributed by atoms with Crippen molar-refractivity contribution in [1.29, 1.82) is 0 Å². The number of rotatable bonds is 3. The highest BCUT2D eigenvalue weighted by molar-refractivity contribution is 5.85. The number of fused-ring (bicyclic) bond motifs is 1. The zero-order chi connectivity index (χ0) is 15.7. The van der Waals surface area contributed by atoms with Crippen LogP contribution in [0.1, 0.15) is 37.8 Å². The molecule has 0 saturated carbocycles. The molecule has 0 amide bonds. The summed E-state index contributed by atoms with van der Waals surface area (Å²) in [5.74, 6) is 1.60. The Morgan fingerprint density at radius 3 is 2.50 bits per heavy atom. The second kappa shape index (κ2) is 5.84. The Hall–Kier alpha value is -2.29. The maximum Gasteiger partial charge on any atom is 0.231 e. The summed E-state index contributed by atoms with van der Waals surface area (Å²) in [4.78, 5) is 0. The second-order valence-corrected chi connectivity index (χ2v) is 5.65. The van der Waals surface area contributed by atoms with Crippen molar-refractivity contribution in [2.24, 2.45) is 0 Å². The monoisotopic (exact) mass is 298 g/mol. The summed E-state index contributed by atoms with van der Waals surface area (Å²) in [6, 6.07) is 8.56. The minimum atomic E-state index is -0.245. The van der Waals surface area contributed by atoms with E-state index in [1.54, 1.807) is 12.1 Å². The van der Waals surface area contributed by atoms with Crippen molar-refractivity contribution in [3.63, 3.8) is 0 Å². The summed E-state index contributed by atoms with van der Waals surface area (Å²) in [5.41, 5.74) is 4.20. The van der Waals surface area contributed by atoms with Crippen LogP contribution in [0.3, 0.4) is 0 Å². The lowest BCUT2D eigenvalue weighted by Gasteiger charge is -2.17. The van der Waals surface area contributed by atoms with Gasteiger partial charge in [0.2, 0.25) is 6.79 Å². The van der Waals surface area contributed by atoms with Gasteiger partial charge in [0.15, 0.2) is 11.5 Å². The molecule has 0 N–H and O–H groups in total. The second-order valence-electron chi connectivity index (χ2n) is 5.65. The highest BCUT2D eigenvalue weighted by atomic mass is 19.1. The van der Waals surface area contributed by atoms with Crippen LogP contribution in [-0.4, -0.2) is 6.79 Å². The quantitative estimate of drug-likeness (QED) is 0.757. The van der Waals surface area contributed by atoms with E-state index in [1.807, 2.05) is 13.0 Å². The molecule has 2 aromatic rings. The van der Waals surface area contributed by atoms with Gasteiger partial charge in [-0.3, -0.25) is 0 Å². The topological polar surface area (TPSA) is 18.5 Å². The third kappa shape index (κ3) is 2.47. The van der Waals surface area contributed by atoms with Crippen molar-refractivity contribution in [1.82, 2.24) is 0 Å². The molecule has 1 heterocycles. The van der Waals surface area contributed by atoms with Gasteiger partial charge in [-0.15, -0.1) is 0 Å². The van der Waals surface area contributed by atoms with E-state index in [1.165, 1.54) is 17.7 Å². The number of hydrogen-bond donors (Lipinski definition) is 0. The van der Waals surface area contributed by atoms with Crippen LogP contribution >= 0.6 is 0 Å². The van der Waals surface area contributed by atoms with Gasteiger partial charge in [0.1, 0.15) is 5.82 Å². The molecule has 0 bridgehead atoms. The smallest absolute Gasteiger partial charge is 0.231 e. The average molecular weight is 298 g/mol. The van der Waals surface area contributed by atoms with Gasteiger partial charge in [-0.2, -0.15) is 0 Å². The Labute approximate surface area is 130 Å². The predicted octanol–water partition coefficient (Wildman–Crippen LogP) is 5.38. The first-order chi connectivity index (χ1) is 10.6. The maximum absolute atomic E-state index is 13.3. The van der Waals surface area contributed by atoms with Crippen molar-refractivity contribution in [2.45, 2.75) is 26.7 Å². The van der Waals surface area contributed by atoms with Crippen molar-refractivity contribution < 1.29 is 13.9 Å². The van der Waals surface area contributed by atoms with Gasteiger partial charge in [0.25, 0.3) is 0 Å². The number of benzene rings is 2. The van der Waals surface area contributed by atoms with E-state index >= 15 is 0 Å². The highest BCUT2D eigenvalue weighted by Gasteiger charge is 2.25. The normalized spacial score (nSPS) is 13.3. The first-order valence-electron chi connectivity index (χ1n) is 7.47. The molecule has 0 spiro atoms. The summed E-state index contributed by atoms with van der Waals surface area (Å²) < 4.78 is 24.5. The lowest BCUT2D eigenvalue weighted by atomic mass is 9.88. The Balaban J connectivity index is 2.32. The molecule has 2 nitrogen and oxygen atoms in total. The van der Waals surface area contributed by atoms with Crippen LogP contribution in [0.5, 0.6) is 11.5 Å². The van der Waals surface area contributed by atoms with Gasteiger partial charge in [0, 0.05) is 5.56 Å². The van der Waals surface area contributed by atoms with Crippen molar-refractivity contribution in [2.75, 3.05) is 6.79 Å². The van der Waals surface area contributed by atoms with Gasteiger partial charge in [-0.05, 0) is 47.7 Å². The van der Waals surface area contributed by atoms with Crippen molar-refractivity contribution in [3.05, 3.63) is 53.4 Å². The first kappa shape index (κ1) is 14.6. The van der Waals surface area contributed by atoms with Crippen LogP contribution in [0.2, 0.25) is 0 Å². The van der Waals surface area contributed by atoms with E-state index < -0.39 is 0 Å². The summed E-state index contributed by atoms with van der Waals surface area (Å²) in [6.07, 6.45) is 4.09. The van der Waals surface area contributed by atoms with E-state index in [4.69, 9.17) is 9.47 Å². The lowest BCUT2D eigenvalue weighted by molar-refractivity contribution is 0.174. The zero-order valence-corrected chi connectivity index (χ0v) is 13.0. The molecule has 22 heavy (non-hydrogen) atoms. The van der Waals surface area contributed by atoms with Crippen LogP contribution in [0.15, 0.2) is 36.4 Å². The minimum absolute atomic E-state index is 0.223. The molecule has 3 rings (SSSR count). The fourth-order valence-corrected chi connectivity index (χ4v) is 2.80. The molecular weight excluding hydrogens is 279 g/mol. The van der Waals surface area contributed by atoms with E-state index in [2.05, 4.69) is 26.0 Å². The Morgan fingerprint density at radius 2 is 1.86 bits per heavy atom. The van der Waals surface area contributed by atoms with Gasteiger partial charge >= 0.3 is 0 Å². The van der Waals surface area contributed by atoms with E-state index in [9.17, 15) is 4.39 Å². The third-order valence-electron chi connectivity index (χ3n) is 3.82. The maximum atomic E-state index is 13.3. The molecule has 2 aromatic carbocycles. The Bertz CT molecular complexity index is 715. The largest absolute Gasteiger partial charge is 0.454 e. The van der Waals surface area contributed by atoms with Crippen LogP contribution in [-0.2, 0) is 0 Å². The van der Waals surface area contributed by atoms with E-state index in [0.717, 1.165) is 28.2 Å². The molecule has 0 radical (unpaired) electrons. The predicted molar refractivity (Wildman–Crippen MR) is 86.8 cm³/mol. The molecular formula is C19H19FO2.